The van der Waals surface area contributed by atoms with Gasteiger partial charge in [0.1, 0.15) is 6.33 Å². The zero-order valence-corrected chi connectivity index (χ0v) is 13.7. The van der Waals surface area contributed by atoms with Crippen LogP contribution in [0.4, 0.5) is 0 Å². The number of halogens is 1. The molecule has 112 valence electrons. The van der Waals surface area contributed by atoms with Crippen LogP contribution in [0.1, 0.15) is 11.1 Å². The quantitative estimate of drug-likeness (QED) is 0.419. The van der Waals surface area contributed by atoms with Crippen molar-refractivity contribution in [3.8, 4) is 11.3 Å². The molecule has 0 aliphatic rings. The van der Waals surface area contributed by atoms with Gasteiger partial charge >= 0.3 is 0 Å². The number of nitrogens with zero attached hydrogens (tertiary/aromatic N) is 2. The van der Waals surface area contributed by atoms with E-state index in [0.29, 0.717) is 0 Å². The van der Waals surface area contributed by atoms with Crippen LogP contribution in [0.5, 0.6) is 0 Å². The molecular weight excluding hydrogens is 304 g/mol. The SMILES string of the molecule is Cc1cc(C)cc(-c2ncnc3c2ccc2cccc(Cl)c23)c1. The van der Waals surface area contributed by atoms with Crippen molar-refractivity contribution < 1.29 is 0 Å². The first-order chi connectivity index (χ1) is 11.1. The third kappa shape index (κ3) is 2.36. The Balaban J connectivity index is 2.11. The minimum absolute atomic E-state index is 0.721. The largest absolute Gasteiger partial charge is 0.236 e. The van der Waals surface area contributed by atoms with Crippen LogP contribution in [0.3, 0.4) is 0 Å². The van der Waals surface area contributed by atoms with Gasteiger partial charge in [0, 0.05) is 16.3 Å². The summed E-state index contributed by atoms with van der Waals surface area (Å²) in [6, 6.07) is 16.6. The average molecular weight is 319 g/mol. The highest BCUT2D eigenvalue weighted by Gasteiger charge is 2.11. The molecule has 0 radical (unpaired) electrons. The van der Waals surface area contributed by atoms with Crippen LogP contribution in [-0.4, -0.2) is 9.97 Å². The lowest BCUT2D eigenvalue weighted by molar-refractivity contribution is 1.22. The summed E-state index contributed by atoms with van der Waals surface area (Å²) in [4.78, 5) is 9.05. The van der Waals surface area contributed by atoms with Crippen molar-refractivity contribution in [1.82, 2.24) is 9.97 Å². The summed E-state index contributed by atoms with van der Waals surface area (Å²) in [5.41, 5.74) is 5.42. The van der Waals surface area contributed by atoms with Gasteiger partial charge in [0.25, 0.3) is 0 Å². The molecule has 3 aromatic carbocycles. The maximum atomic E-state index is 6.42. The number of rotatable bonds is 1. The molecular formula is C20H15ClN2. The Morgan fingerprint density at radius 1 is 0.870 bits per heavy atom. The summed E-state index contributed by atoms with van der Waals surface area (Å²) in [7, 11) is 0. The number of aryl methyl sites for hydroxylation is 2. The molecule has 23 heavy (non-hydrogen) atoms. The van der Waals surface area contributed by atoms with Gasteiger partial charge in [0.2, 0.25) is 0 Å². The Kier molecular flexibility index (Phi) is 3.28. The predicted octanol–water partition coefficient (Wildman–Crippen LogP) is 5.72. The minimum Gasteiger partial charge on any atom is -0.236 e. The summed E-state index contributed by atoms with van der Waals surface area (Å²) in [6.45, 7) is 4.21. The topological polar surface area (TPSA) is 25.8 Å². The number of fused-ring (bicyclic) bond motifs is 3. The van der Waals surface area contributed by atoms with Crippen molar-refractivity contribution in [3.63, 3.8) is 0 Å². The van der Waals surface area contributed by atoms with Gasteiger partial charge in [-0.05, 0) is 43.5 Å². The van der Waals surface area contributed by atoms with Crippen molar-refractivity contribution in [2.45, 2.75) is 13.8 Å². The van der Waals surface area contributed by atoms with E-state index >= 15 is 0 Å². The molecule has 2 nitrogen and oxygen atoms in total. The van der Waals surface area contributed by atoms with Crippen molar-refractivity contribution in [2.24, 2.45) is 0 Å². The first kappa shape index (κ1) is 14.2. The molecule has 0 aliphatic carbocycles. The van der Waals surface area contributed by atoms with E-state index in [0.717, 1.165) is 38.0 Å². The second-order valence-electron chi connectivity index (χ2n) is 5.90. The van der Waals surface area contributed by atoms with Crippen molar-refractivity contribution in [3.05, 3.63) is 71.0 Å². The predicted molar refractivity (Wildman–Crippen MR) is 97.0 cm³/mol. The van der Waals surface area contributed by atoms with Crippen molar-refractivity contribution in [1.29, 1.82) is 0 Å². The Labute approximate surface area is 139 Å². The maximum Gasteiger partial charge on any atom is 0.116 e. The highest BCUT2D eigenvalue weighted by Crippen LogP contribution is 2.34. The Hall–Kier alpha value is -2.45. The van der Waals surface area contributed by atoms with E-state index in [-0.39, 0.29) is 0 Å². The molecule has 0 unspecified atom stereocenters. The smallest absolute Gasteiger partial charge is 0.116 e. The second-order valence-corrected chi connectivity index (χ2v) is 6.31. The summed E-state index contributed by atoms with van der Waals surface area (Å²) >= 11 is 6.42. The first-order valence-corrected chi connectivity index (χ1v) is 7.92. The van der Waals surface area contributed by atoms with E-state index in [1.165, 1.54) is 11.1 Å². The fourth-order valence-corrected chi connectivity index (χ4v) is 3.47. The molecule has 1 aromatic heterocycles. The van der Waals surface area contributed by atoms with Gasteiger partial charge in [-0.1, -0.05) is 47.0 Å². The molecule has 0 atom stereocenters. The van der Waals surface area contributed by atoms with Gasteiger partial charge < -0.3 is 0 Å². The summed E-state index contributed by atoms with van der Waals surface area (Å²) in [5, 5.41) is 3.83. The van der Waals surface area contributed by atoms with Gasteiger partial charge in [0.05, 0.1) is 16.2 Å². The third-order valence-electron chi connectivity index (χ3n) is 4.09. The molecule has 0 saturated carbocycles. The lowest BCUT2D eigenvalue weighted by Crippen LogP contribution is -1.92. The number of aromatic nitrogens is 2. The lowest BCUT2D eigenvalue weighted by atomic mass is 9.99. The Morgan fingerprint density at radius 2 is 1.65 bits per heavy atom. The van der Waals surface area contributed by atoms with Crippen LogP contribution in [0.2, 0.25) is 5.02 Å². The van der Waals surface area contributed by atoms with Gasteiger partial charge in [-0.2, -0.15) is 0 Å². The van der Waals surface area contributed by atoms with Gasteiger partial charge in [-0.15, -0.1) is 0 Å². The van der Waals surface area contributed by atoms with E-state index < -0.39 is 0 Å². The Morgan fingerprint density at radius 3 is 2.43 bits per heavy atom. The van der Waals surface area contributed by atoms with E-state index in [1.807, 2.05) is 12.1 Å². The van der Waals surface area contributed by atoms with Crippen LogP contribution < -0.4 is 0 Å². The Bertz CT molecular complexity index is 1030. The fraction of sp³-hybridized carbons (Fsp3) is 0.100. The lowest BCUT2D eigenvalue weighted by Gasteiger charge is -2.10. The van der Waals surface area contributed by atoms with Crippen molar-refractivity contribution >= 4 is 33.3 Å². The summed E-state index contributed by atoms with van der Waals surface area (Å²) in [6.07, 6.45) is 1.62. The molecule has 0 fully saturated rings. The normalized spacial score (nSPS) is 11.3. The number of benzene rings is 3. The molecule has 0 N–H and O–H groups in total. The molecule has 1 heterocycles. The molecule has 0 bridgehead atoms. The van der Waals surface area contributed by atoms with Gasteiger partial charge in [-0.25, -0.2) is 9.97 Å². The summed E-state index contributed by atoms with van der Waals surface area (Å²) in [5.74, 6) is 0. The van der Waals surface area contributed by atoms with E-state index in [2.05, 4.69) is 60.2 Å². The number of hydrogen-bond acceptors (Lipinski definition) is 2. The highest BCUT2D eigenvalue weighted by molar-refractivity contribution is 6.37. The van der Waals surface area contributed by atoms with E-state index in [1.54, 1.807) is 6.33 Å². The number of hydrogen-bond donors (Lipinski definition) is 0. The molecule has 0 spiro atoms. The first-order valence-electron chi connectivity index (χ1n) is 7.54. The highest BCUT2D eigenvalue weighted by atomic mass is 35.5. The molecule has 4 rings (SSSR count). The molecule has 3 heteroatoms. The van der Waals surface area contributed by atoms with Crippen LogP contribution in [-0.2, 0) is 0 Å². The fourth-order valence-electron chi connectivity index (χ4n) is 3.20. The summed E-state index contributed by atoms with van der Waals surface area (Å²) < 4.78 is 0. The van der Waals surface area contributed by atoms with Crippen LogP contribution in [0.25, 0.3) is 32.9 Å². The van der Waals surface area contributed by atoms with Gasteiger partial charge in [0.15, 0.2) is 0 Å². The average Bonchev–Trinajstić information content (AvgIpc) is 2.53. The van der Waals surface area contributed by atoms with E-state index in [9.17, 15) is 0 Å². The van der Waals surface area contributed by atoms with Crippen LogP contribution >= 0.6 is 11.6 Å². The van der Waals surface area contributed by atoms with Crippen LogP contribution in [0, 0.1) is 13.8 Å². The zero-order valence-electron chi connectivity index (χ0n) is 13.0. The molecule has 4 aromatic rings. The van der Waals surface area contributed by atoms with Gasteiger partial charge in [-0.3, -0.25) is 0 Å². The minimum atomic E-state index is 0.721. The molecule has 0 saturated heterocycles. The van der Waals surface area contributed by atoms with Crippen molar-refractivity contribution in [2.75, 3.05) is 0 Å². The zero-order chi connectivity index (χ0) is 16.0. The molecule has 0 amide bonds. The monoisotopic (exact) mass is 318 g/mol. The maximum absolute atomic E-state index is 6.42. The van der Waals surface area contributed by atoms with Crippen LogP contribution in [0.15, 0.2) is 54.9 Å². The van der Waals surface area contributed by atoms with E-state index in [4.69, 9.17) is 11.6 Å². The second kappa shape index (κ2) is 5.32. The third-order valence-corrected chi connectivity index (χ3v) is 4.41. The molecule has 0 aliphatic heterocycles. The standard InChI is InChI=1S/C20H15ClN2/c1-12-8-13(2)10-15(9-12)19-16-7-6-14-4-3-5-17(21)18(14)20(16)23-11-22-19/h3-11H,1-2H3.